The number of benzene rings is 3. The zero-order valence-corrected chi connectivity index (χ0v) is 19.5. The minimum atomic E-state index is -0.172. The first-order valence-electron chi connectivity index (χ1n) is 10.3. The van der Waals surface area contributed by atoms with Gasteiger partial charge >= 0.3 is 0 Å². The summed E-state index contributed by atoms with van der Waals surface area (Å²) < 4.78 is 3.17. The molecule has 164 valence electrons. The minimum Gasteiger partial charge on any atom is -0.299 e. The van der Waals surface area contributed by atoms with E-state index in [9.17, 15) is 9.59 Å². The van der Waals surface area contributed by atoms with Gasteiger partial charge in [0, 0.05) is 12.1 Å². The number of hydrogen-bond acceptors (Lipinski definition) is 5. The SMILES string of the molecule is Cc1ccccc1-n1c(SCc2nc3ccccc3c(=O)n2C)nc2cc(Cl)ccc2c1=O. The molecule has 0 N–H and O–H groups in total. The fourth-order valence-corrected chi connectivity index (χ4v) is 4.94. The number of fused-ring (bicyclic) bond motifs is 2. The van der Waals surface area contributed by atoms with E-state index in [0.717, 1.165) is 11.3 Å². The van der Waals surface area contributed by atoms with E-state index in [-0.39, 0.29) is 11.1 Å². The molecule has 2 heterocycles. The molecule has 0 fully saturated rings. The highest BCUT2D eigenvalue weighted by atomic mass is 35.5. The number of nitrogens with zero attached hydrogens (tertiary/aromatic N) is 4. The summed E-state index contributed by atoms with van der Waals surface area (Å²) in [6.07, 6.45) is 0. The van der Waals surface area contributed by atoms with Gasteiger partial charge in [-0.05, 0) is 48.9 Å². The summed E-state index contributed by atoms with van der Waals surface area (Å²) in [6, 6.07) is 20.0. The van der Waals surface area contributed by atoms with E-state index in [4.69, 9.17) is 16.6 Å². The Labute approximate surface area is 198 Å². The molecular formula is C25H19ClN4O2S. The number of aromatic nitrogens is 4. The number of rotatable bonds is 4. The fraction of sp³-hybridized carbons (Fsp3) is 0.120. The Bertz CT molecular complexity index is 1660. The maximum Gasteiger partial charge on any atom is 0.266 e. The molecule has 33 heavy (non-hydrogen) atoms. The molecule has 0 saturated carbocycles. The average Bonchev–Trinajstić information content (AvgIpc) is 2.81. The lowest BCUT2D eigenvalue weighted by Gasteiger charge is -2.16. The first kappa shape index (κ1) is 21.4. The Morgan fingerprint density at radius 1 is 0.879 bits per heavy atom. The molecule has 0 unspecified atom stereocenters. The van der Waals surface area contributed by atoms with Crippen LogP contribution in [0.15, 0.2) is 81.5 Å². The van der Waals surface area contributed by atoms with Crippen molar-refractivity contribution in [3.05, 3.63) is 104 Å². The van der Waals surface area contributed by atoms with Gasteiger partial charge in [-0.2, -0.15) is 0 Å². The molecule has 0 aliphatic rings. The third-order valence-electron chi connectivity index (χ3n) is 5.56. The third-order valence-corrected chi connectivity index (χ3v) is 6.73. The maximum atomic E-state index is 13.5. The summed E-state index contributed by atoms with van der Waals surface area (Å²) in [7, 11) is 1.71. The Morgan fingerprint density at radius 2 is 1.61 bits per heavy atom. The molecule has 0 spiro atoms. The van der Waals surface area contributed by atoms with E-state index in [1.165, 1.54) is 11.8 Å². The molecule has 0 bridgehead atoms. The highest BCUT2D eigenvalue weighted by Gasteiger charge is 2.17. The zero-order valence-electron chi connectivity index (χ0n) is 17.9. The van der Waals surface area contributed by atoms with Crippen LogP contribution in [-0.2, 0) is 12.8 Å². The van der Waals surface area contributed by atoms with Crippen LogP contribution in [0, 0.1) is 6.92 Å². The van der Waals surface area contributed by atoms with Gasteiger partial charge in [0.05, 0.1) is 33.2 Å². The van der Waals surface area contributed by atoms with E-state index in [0.29, 0.717) is 43.6 Å². The Balaban J connectivity index is 1.67. The van der Waals surface area contributed by atoms with Crippen molar-refractivity contribution in [2.24, 2.45) is 7.05 Å². The molecule has 0 radical (unpaired) electrons. The molecule has 5 aromatic rings. The van der Waals surface area contributed by atoms with Crippen molar-refractivity contribution in [2.45, 2.75) is 17.8 Å². The predicted molar refractivity (Wildman–Crippen MR) is 134 cm³/mol. The summed E-state index contributed by atoms with van der Waals surface area (Å²) in [4.78, 5) is 35.7. The van der Waals surface area contributed by atoms with Crippen molar-refractivity contribution in [1.29, 1.82) is 0 Å². The predicted octanol–water partition coefficient (Wildman–Crippen LogP) is 4.89. The highest BCUT2D eigenvalue weighted by molar-refractivity contribution is 7.98. The molecule has 0 aliphatic heterocycles. The first-order chi connectivity index (χ1) is 15.9. The van der Waals surface area contributed by atoms with Crippen LogP contribution < -0.4 is 11.1 Å². The normalized spacial score (nSPS) is 11.4. The lowest BCUT2D eigenvalue weighted by atomic mass is 10.2. The summed E-state index contributed by atoms with van der Waals surface area (Å²) in [5.41, 5.74) is 2.60. The number of hydrogen-bond donors (Lipinski definition) is 0. The van der Waals surface area contributed by atoms with Crippen LogP contribution in [0.3, 0.4) is 0 Å². The lowest BCUT2D eigenvalue weighted by Crippen LogP contribution is -2.24. The topological polar surface area (TPSA) is 69.8 Å². The molecular weight excluding hydrogens is 456 g/mol. The number of halogens is 1. The van der Waals surface area contributed by atoms with E-state index in [1.807, 2.05) is 49.4 Å². The quantitative estimate of drug-likeness (QED) is 0.274. The highest BCUT2D eigenvalue weighted by Crippen LogP contribution is 2.26. The van der Waals surface area contributed by atoms with Crippen LogP contribution in [0.25, 0.3) is 27.5 Å². The van der Waals surface area contributed by atoms with Gasteiger partial charge in [0.2, 0.25) is 0 Å². The van der Waals surface area contributed by atoms with Crippen LogP contribution in [-0.4, -0.2) is 19.1 Å². The van der Waals surface area contributed by atoms with Gasteiger partial charge in [-0.3, -0.25) is 18.7 Å². The first-order valence-corrected chi connectivity index (χ1v) is 11.7. The van der Waals surface area contributed by atoms with Gasteiger partial charge in [-0.25, -0.2) is 9.97 Å². The fourth-order valence-electron chi connectivity index (χ4n) is 3.78. The second kappa shape index (κ2) is 8.50. The Hall–Kier alpha value is -3.42. The van der Waals surface area contributed by atoms with Crippen LogP contribution in [0.5, 0.6) is 0 Å². The standard InChI is InChI=1S/C25H19ClN4O2S/c1-15-7-3-6-10-21(15)30-24(32)18-12-11-16(26)13-20(18)28-25(30)33-14-22-27-19-9-5-4-8-17(19)23(31)29(22)2/h3-13H,14H2,1-2H3. The van der Waals surface area contributed by atoms with E-state index < -0.39 is 0 Å². The summed E-state index contributed by atoms with van der Waals surface area (Å²) in [5.74, 6) is 0.960. The summed E-state index contributed by atoms with van der Waals surface area (Å²) in [6.45, 7) is 1.96. The van der Waals surface area contributed by atoms with Crippen molar-refractivity contribution in [3.63, 3.8) is 0 Å². The van der Waals surface area contributed by atoms with Crippen molar-refractivity contribution in [3.8, 4) is 5.69 Å². The van der Waals surface area contributed by atoms with Gasteiger partial charge < -0.3 is 0 Å². The Kier molecular flexibility index (Phi) is 5.52. The molecule has 0 saturated heterocycles. The lowest BCUT2D eigenvalue weighted by molar-refractivity contribution is 0.778. The molecule has 0 atom stereocenters. The molecule has 3 aromatic carbocycles. The molecule has 0 aliphatic carbocycles. The van der Waals surface area contributed by atoms with Crippen LogP contribution >= 0.6 is 23.4 Å². The van der Waals surface area contributed by atoms with E-state index >= 15 is 0 Å². The monoisotopic (exact) mass is 474 g/mol. The smallest absolute Gasteiger partial charge is 0.266 e. The second-order valence-electron chi connectivity index (χ2n) is 7.68. The minimum absolute atomic E-state index is 0.106. The largest absolute Gasteiger partial charge is 0.299 e. The van der Waals surface area contributed by atoms with Gasteiger partial charge in [0.25, 0.3) is 11.1 Å². The summed E-state index contributed by atoms with van der Waals surface area (Å²) in [5, 5.41) is 2.08. The number of para-hydroxylation sites is 2. The van der Waals surface area contributed by atoms with Crippen molar-refractivity contribution < 1.29 is 0 Å². The van der Waals surface area contributed by atoms with Crippen molar-refractivity contribution >= 4 is 45.2 Å². The molecule has 8 heteroatoms. The van der Waals surface area contributed by atoms with Crippen LogP contribution in [0.4, 0.5) is 0 Å². The van der Waals surface area contributed by atoms with Gasteiger partial charge in [-0.15, -0.1) is 0 Å². The third kappa shape index (κ3) is 3.83. The Morgan fingerprint density at radius 3 is 2.42 bits per heavy atom. The van der Waals surface area contributed by atoms with E-state index in [1.54, 1.807) is 40.4 Å². The van der Waals surface area contributed by atoms with Gasteiger partial charge in [0.15, 0.2) is 5.16 Å². The molecule has 6 nitrogen and oxygen atoms in total. The summed E-state index contributed by atoms with van der Waals surface area (Å²) >= 11 is 7.52. The molecule has 0 amide bonds. The second-order valence-corrected chi connectivity index (χ2v) is 9.06. The maximum absolute atomic E-state index is 13.5. The van der Waals surface area contributed by atoms with Crippen molar-refractivity contribution in [2.75, 3.05) is 0 Å². The van der Waals surface area contributed by atoms with Gasteiger partial charge in [0.1, 0.15) is 5.82 Å². The number of thioether (sulfide) groups is 1. The van der Waals surface area contributed by atoms with Crippen LogP contribution in [0.2, 0.25) is 5.02 Å². The molecule has 5 rings (SSSR count). The van der Waals surface area contributed by atoms with Gasteiger partial charge in [-0.1, -0.05) is 53.7 Å². The van der Waals surface area contributed by atoms with Crippen LogP contribution in [0.1, 0.15) is 11.4 Å². The zero-order chi connectivity index (χ0) is 23.1. The van der Waals surface area contributed by atoms with E-state index in [2.05, 4.69) is 4.98 Å². The van der Waals surface area contributed by atoms with Crippen molar-refractivity contribution in [1.82, 2.24) is 19.1 Å². The average molecular weight is 475 g/mol. The molecule has 2 aromatic heterocycles. The number of aryl methyl sites for hydroxylation is 1.